The zero-order chi connectivity index (χ0) is 16.4. The van der Waals surface area contributed by atoms with Gasteiger partial charge in [-0.05, 0) is 25.2 Å². The lowest BCUT2D eigenvalue weighted by atomic mass is 10.0. The molecule has 120 valence electrons. The van der Waals surface area contributed by atoms with Crippen molar-refractivity contribution in [2.45, 2.75) is 0 Å². The van der Waals surface area contributed by atoms with Gasteiger partial charge in [0.05, 0.1) is 5.56 Å². The molecule has 0 atom stereocenters. The predicted octanol–water partition coefficient (Wildman–Crippen LogP) is 2.03. The molecule has 1 aromatic heterocycles. The van der Waals surface area contributed by atoms with Crippen molar-refractivity contribution < 1.29 is 19.1 Å². The monoisotopic (exact) mass is 314 g/mol. The highest BCUT2D eigenvalue weighted by Gasteiger charge is 2.23. The molecule has 1 aliphatic heterocycles. The minimum Gasteiger partial charge on any atom is -0.475 e. The molecule has 23 heavy (non-hydrogen) atoms. The van der Waals surface area contributed by atoms with Crippen LogP contribution in [0.2, 0.25) is 0 Å². The molecule has 0 saturated carbocycles. The largest absolute Gasteiger partial charge is 0.475 e. The van der Waals surface area contributed by atoms with E-state index < -0.39 is 5.97 Å². The Morgan fingerprint density at radius 2 is 1.74 bits per heavy atom. The Bertz CT molecular complexity index is 730. The number of carboxylic acid groups (broad SMARTS) is 1. The van der Waals surface area contributed by atoms with Crippen LogP contribution in [0.1, 0.15) is 20.9 Å². The SMILES string of the molecule is CN1CCN(C(=O)c2ccccc2-c2ccc(C(=O)O)o2)CC1. The van der Waals surface area contributed by atoms with E-state index in [0.29, 0.717) is 30.0 Å². The van der Waals surface area contributed by atoms with Crippen molar-refractivity contribution in [1.82, 2.24) is 9.80 Å². The van der Waals surface area contributed by atoms with E-state index in [1.807, 2.05) is 11.9 Å². The summed E-state index contributed by atoms with van der Waals surface area (Å²) in [5.74, 6) is -0.927. The van der Waals surface area contributed by atoms with E-state index in [4.69, 9.17) is 9.52 Å². The second-order valence-electron chi connectivity index (χ2n) is 5.61. The lowest BCUT2D eigenvalue weighted by molar-refractivity contribution is 0.0658. The fourth-order valence-corrected chi connectivity index (χ4v) is 2.66. The van der Waals surface area contributed by atoms with Crippen LogP contribution in [0, 0.1) is 0 Å². The van der Waals surface area contributed by atoms with Gasteiger partial charge < -0.3 is 19.3 Å². The first-order valence-corrected chi connectivity index (χ1v) is 7.46. The smallest absolute Gasteiger partial charge is 0.371 e. The Kier molecular flexibility index (Phi) is 4.16. The maximum atomic E-state index is 12.8. The third-order valence-corrected chi connectivity index (χ3v) is 4.03. The van der Waals surface area contributed by atoms with E-state index in [2.05, 4.69) is 4.90 Å². The summed E-state index contributed by atoms with van der Waals surface area (Å²) in [7, 11) is 2.03. The summed E-state index contributed by atoms with van der Waals surface area (Å²) < 4.78 is 5.35. The Hall–Kier alpha value is -2.60. The van der Waals surface area contributed by atoms with E-state index >= 15 is 0 Å². The average molecular weight is 314 g/mol. The van der Waals surface area contributed by atoms with Gasteiger partial charge in [0.1, 0.15) is 5.76 Å². The van der Waals surface area contributed by atoms with E-state index in [0.717, 1.165) is 13.1 Å². The molecule has 1 saturated heterocycles. The lowest BCUT2D eigenvalue weighted by Crippen LogP contribution is -2.47. The molecule has 0 bridgehead atoms. The molecule has 2 aromatic rings. The highest BCUT2D eigenvalue weighted by molar-refractivity contribution is 6.00. The molecule has 0 spiro atoms. The number of aromatic carboxylic acids is 1. The molecule has 0 aliphatic carbocycles. The Labute approximate surface area is 133 Å². The van der Waals surface area contributed by atoms with E-state index in [-0.39, 0.29) is 11.7 Å². The predicted molar refractivity (Wildman–Crippen MR) is 84.5 cm³/mol. The average Bonchev–Trinajstić information content (AvgIpc) is 3.05. The number of carbonyl (C=O) groups excluding carboxylic acids is 1. The molecule has 1 aromatic carbocycles. The molecule has 1 N–H and O–H groups in total. The standard InChI is InChI=1S/C17H18N2O4/c1-18-8-10-19(11-9-18)16(20)13-5-3-2-4-12(13)14-6-7-15(23-14)17(21)22/h2-7H,8-11H2,1H3,(H,21,22). The van der Waals surface area contributed by atoms with Crippen LogP contribution in [0.4, 0.5) is 0 Å². The summed E-state index contributed by atoms with van der Waals surface area (Å²) in [4.78, 5) is 27.8. The number of hydrogen-bond donors (Lipinski definition) is 1. The number of furan rings is 1. The van der Waals surface area contributed by atoms with Gasteiger partial charge in [-0.15, -0.1) is 0 Å². The topological polar surface area (TPSA) is 74.0 Å². The summed E-state index contributed by atoms with van der Waals surface area (Å²) in [5.41, 5.74) is 1.15. The van der Waals surface area contributed by atoms with Crippen LogP contribution in [0.25, 0.3) is 11.3 Å². The van der Waals surface area contributed by atoms with Crippen molar-refractivity contribution in [1.29, 1.82) is 0 Å². The van der Waals surface area contributed by atoms with Crippen LogP contribution in [-0.4, -0.2) is 60.0 Å². The van der Waals surface area contributed by atoms with Crippen molar-refractivity contribution in [3.63, 3.8) is 0 Å². The molecule has 6 nitrogen and oxygen atoms in total. The van der Waals surface area contributed by atoms with Crippen molar-refractivity contribution in [3.8, 4) is 11.3 Å². The van der Waals surface area contributed by atoms with E-state index in [1.54, 1.807) is 30.3 Å². The first-order chi connectivity index (χ1) is 11.1. The third kappa shape index (κ3) is 3.12. The van der Waals surface area contributed by atoms with Crippen LogP contribution in [0.5, 0.6) is 0 Å². The number of rotatable bonds is 3. The number of piperazine rings is 1. The van der Waals surface area contributed by atoms with Crippen LogP contribution in [-0.2, 0) is 0 Å². The number of benzene rings is 1. The molecule has 3 rings (SSSR count). The Morgan fingerprint density at radius 3 is 2.39 bits per heavy atom. The van der Waals surface area contributed by atoms with Gasteiger partial charge in [0.25, 0.3) is 5.91 Å². The minimum absolute atomic E-state index is 0.0537. The Morgan fingerprint density at radius 1 is 1.04 bits per heavy atom. The van der Waals surface area contributed by atoms with Crippen molar-refractivity contribution in [2.24, 2.45) is 0 Å². The molecule has 0 radical (unpaired) electrons. The zero-order valence-corrected chi connectivity index (χ0v) is 12.9. The van der Waals surface area contributed by atoms with Crippen LogP contribution in [0.3, 0.4) is 0 Å². The normalized spacial score (nSPS) is 15.6. The fraction of sp³-hybridized carbons (Fsp3) is 0.294. The third-order valence-electron chi connectivity index (χ3n) is 4.03. The number of nitrogens with zero attached hydrogens (tertiary/aromatic N) is 2. The van der Waals surface area contributed by atoms with Crippen LogP contribution in [0.15, 0.2) is 40.8 Å². The van der Waals surface area contributed by atoms with Gasteiger partial charge in [0.15, 0.2) is 0 Å². The molecule has 2 heterocycles. The quantitative estimate of drug-likeness (QED) is 0.938. The molecular formula is C17H18N2O4. The van der Waals surface area contributed by atoms with Crippen LogP contribution < -0.4 is 0 Å². The summed E-state index contributed by atoms with van der Waals surface area (Å²) in [6.45, 7) is 3.06. The van der Waals surface area contributed by atoms with Crippen molar-refractivity contribution >= 4 is 11.9 Å². The van der Waals surface area contributed by atoms with Gasteiger partial charge in [-0.3, -0.25) is 4.79 Å². The second-order valence-corrected chi connectivity index (χ2v) is 5.61. The van der Waals surface area contributed by atoms with Crippen molar-refractivity contribution in [3.05, 3.63) is 47.7 Å². The number of amides is 1. The first kappa shape index (κ1) is 15.3. The van der Waals surface area contributed by atoms with Gasteiger partial charge in [0, 0.05) is 31.7 Å². The van der Waals surface area contributed by atoms with Gasteiger partial charge >= 0.3 is 5.97 Å². The van der Waals surface area contributed by atoms with Gasteiger partial charge in [0.2, 0.25) is 5.76 Å². The van der Waals surface area contributed by atoms with E-state index in [9.17, 15) is 9.59 Å². The highest BCUT2D eigenvalue weighted by Crippen LogP contribution is 2.27. The summed E-state index contributed by atoms with van der Waals surface area (Å²) in [6, 6.07) is 10.1. The fourth-order valence-electron chi connectivity index (χ4n) is 2.66. The minimum atomic E-state index is -1.13. The number of carbonyl (C=O) groups is 2. The molecule has 1 fully saturated rings. The highest BCUT2D eigenvalue weighted by atomic mass is 16.4. The first-order valence-electron chi connectivity index (χ1n) is 7.46. The zero-order valence-electron chi connectivity index (χ0n) is 12.9. The summed E-state index contributed by atoms with van der Waals surface area (Å²) >= 11 is 0. The molecule has 1 amide bonds. The van der Waals surface area contributed by atoms with Gasteiger partial charge in [-0.2, -0.15) is 0 Å². The number of likely N-dealkylation sites (N-methyl/N-ethyl adjacent to an activating group) is 1. The van der Waals surface area contributed by atoms with Gasteiger partial charge in [-0.1, -0.05) is 18.2 Å². The van der Waals surface area contributed by atoms with Crippen LogP contribution >= 0.6 is 0 Å². The summed E-state index contributed by atoms with van der Waals surface area (Å²) in [6.07, 6.45) is 0. The molecule has 6 heteroatoms. The second kappa shape index (κ2) is 6.26. The Balaban J connectivity index is 1.91. The lowest BCUT2D eigenvalue weighted by Gasteiger charge is -2.32. The molecule has 1 aliphatic rings. The van der Waals surface area contributed by atoms with Gasteiger partial charge in [-0.25, -0.2) is 4.79 Å². The van der Waals surface area contributed by atoms with Crippen molar-refractivity contribution in [2.75, 3.05) is 33.2 Å². The molecule has 0 unspecified atom stereocenters. The maximum absolute atomic E-state index is 12.8. The number of hydrogen-bond acceptors (Lipinski definition) is 4. The maximum Gasteiger partial charge on any atom is 0.371 e. The number of carboxylic acids is 1. The molecular weight excluding hydrogens is 296 g/mol. The van der Waals surface area contributed by atoms with E-state index in [1.165, 1.54) is 6.07 Å². The summed E-state index contributed by atoms with van der Waals surface area (Å²) in [5, 5.41) is 8.98.